The van der Waals surface area contributed by atoms with Crippen LogP contribution >= 0.6 is 0 Å². The van der Waals surface area contributed by atoms with Crippen LogP contribution in [0.3, 0.4) is 0 Å². The smallest absolute Gasteiger partial charge is 0.259 e. The quantitative estimate of drug-likeness (QED) is 0.602. The fourth-order valence-corrected chi connectivity index (χ4v) is 3.13. The van der Waals surface area contributed by atoms with Gasteiger partial charge in [-0.05, 0) is 45.4 Å². The molecule has 126 valence electrons. The van der Waals surface area contributed by atoms with Crippen molar-refractivity contribution in [3.05, 3.63) is 51.5 Å². The highest BCUT2D eigenvalue weighted by Gasteiger charge is 2.17. The van der Waals surface area contributed by atoms with Crippen molar-refractivity contribution in [2.75, 3.05) is 0 Å². The lowest BCUT2D eigenvalue weighted by Crippen LogP contribution is -2.10. The van der Waals surface area contributed by atoms with Crippen molar-refractivity contribution in [3.63, 3.8) is 0 Å². The minimum atomic E-state index is -0.214. The van der Waals surface area contributed by atoms with Crippen LogP contribution in [0.4, 0.5) is 0 Å². The molecule has 0 unspecified atom stereocenters. The van der Waals surface area contributed by atoms with Gasteiger partial charge in [0, 0.05) is 5.56 Å². The number of aromatic amines is 1. The molecular weight excluding hydrogens is 320 g/mol. The monoisotopic (exact) mass is 336 g/mol. The van der Waals surface area contributed by atoms with Crippen LogP contribution in [-0.2, 0) is 0 Å². The third-order valence-corrected chi connectivity index (χ3v) is 4.30. The van der Waals surface area contributed by atoms with Gasteiger partial charge in [-0.3, -0.25) is 4.79 Å². The Kier molecular flexibility index (Phi) is 3.31. The summed E-state index contributed by atoms with van der Waals surface area (Å²) in [4.78, 5) is 20.0. The van der Waals surface area contributed by atoms with Crippen LogP contribution in [0.25, 0.3) is 33.4 Å². The van der Waals surface area contributed by atoms with Gasteiger partial charge in [0.05, 0.1) is 27.9 Å². The number of nitrogens with one attached hydrogen (secondary N) is 1. The molecule has 1 N–H and O–H groups in total. The van der Waals surface area contributed by atoms with Gasteiger partial charge in [-0.1, -0.05) is 16.4 Å². The number of aryl methyl sites for hydroxylation is 4. The van der Waals surface area contributed by atoms with E-state index in [1.165, 1.54) is 0 Å². The van der Waals surface area contributed by atoms with E-state index >= 15 is 0 Å². The Bertz CT molecular complexity index is 1130. The number of nitrogens with zero attached hydrogens (tertiary/aromatic N) is 3. The van der Waals surface area contributed by atoms with E-state index < -0.39 is 0 Å². The maximum atomic E-state index is 12.6. The van der Waals surface area contributed by atoms with Crippen molar-refractivity contribution >= 4 is 10.9 Å². The second-order valence-corrected chi connectivity index (χ2v) is 6.04. The van der Waals surface area contributed by atoms with Crippen LogP contribution in [0.5, 0.6) is 0 Å². The van der Waals surface area contributed by atoms with E-state index in [0.29, 0.717) is 39.5 Å². The van der Waals surface area contributed by atoms with Crippen molar-refractivity contribution in [3.8, 4) is 22.5 Å². The van der Waals surface area contributed by atoms with E-state index in [9.17, 15) is 4.79 Å². The van der Waals surface area contributed by atoms with Crippen molar-refractivity contribution in [2.24, 2.45) is 0 Å². The molecule has 3 aromatic heterocycles. The van der Waals surface area contributed by atoms with Gasteiger partial charge in [0.2, 0.25) is 0 Å². The Hall–Kier alpha value is -3.22. The molecule has 0 fully saturated rings. The lowest BCUT2D eigenvalue weighted by atomic mass is 10.0. The molecule has 0 saturated heterocycles. The summed E-state index contributed by atoms with van der Waals surface area (Å²) < 4.78 is 10.4. The fraction of sp³-hybridized carbons (Fsp3) is 0.222. The Morgan fingerprint density at radius 1 is 0.920 bits per heavy atom. The molecule has 7 heteroatoms. The Labute approximate surface area is 142 Å². The highest BCUT2D eigenvalue weighted by atomic mass is 16.5. The Balaban J connectivity index is 1.93. The van der Waals surface area contributed by atoms with E-state index in [1.54, 1.807) is 6.92 Å². The fourth-order valence-electron chi connectivity index (χ4n) is 3.13. The lowest BCUT2D eigenvalue weighted by Gasteiger charge is -2.05. The first kappa shape index (κ1) is 15.3. The normalized spacial score (nSPS) is 11.4. The van der Waals surface area contributed by atoms with Gasteiger partial charge in [0.1, 0.15) is 17.3 Å². The first-order chi connectivity index (χ1) is 12.0. The number of hydrogen-bond acceptors (Lipinski definition) is 6. The molecule has 0 saturated carbocycles. The number of H-pyrrole nitrogens is 1. The number of fused-ring (bicyclic) bond motifs is 1. The Morgan fingerprint density at radius 3 is 2.16 bits per heavy atom. The summed E-state index contributed by atoms with van der Waals surface area (Å²) in [5.41, 5.74) is 4.36. The zero-order chi connectivity index (χ0) is 17.7. The van der Waals surface area contributed by atoms with Crippen molar-refractivity contribution in [2.45, 2.75) is 27.7 Å². The average Bonchev–Trinajstić information content (AvgIpc) is 3.09. The van der Waals surface area contributed by atoms with Crippen LogP contribution in [0, 0.1) is 27.7 Å². The molecule has 0 aliphatic rings. The van der Waals surface area contributed by atoms with Gasteiger partial charge in [0.25, 0.3) is 5.56 Å². The zero-order valence-corrected chi connectivity index (χ0v) is 14.3. The van der Waals surface area contributed by atoms with Crippen LogP contribution in [0.15, 0.2) is 32.0 Å². The highest BCUT2D eigenvalue weighted by Crippen LogP contribution is 2.29. The minimum absolute atomic E-state index is 0.214. The molecule has 0 spiro atoms. The van der Waals surface area contributed by atoms with E-state index in [0.717, 1.165) is 16.8 Å². The average molecular weight is 336 g/mol. The van der Waals surface area contributed by atoms with Gasteiger partial charge in [-0.25, -0.2) is 4.98 Å². The third-order valence-electron chi connectivity index (χ3n) is 4.30. The van der Waals surface area contributed by atoms with Gasteiger partial charge in [-0.2, -0.15) is 0 Å². The standard InChI is InChI=1S/C18H16N4O3/c1-8-15(10(3)24-21-8)12-5-6-14-13(7-12)18(23)20-17(19-14)16-9(2)22-25-11(16)4/h5-7H,1-4H3,(H,19,20,23). The summed E-state index contributed by atoms with van der Waals surface area (Å²) in [6.07, 6.45) is 0. The molecule has 1 aromatic carbocycles. The Morgan fingerprint density at radius 2 is 1.56 bits per heavy atom. The second kappa shape index (κ2) is 5.41. The maximum absolute atomic E-state index is 12.6. The minimum Gasteiger partial charge on any atom is -0.361 e. The molecule has 0 aliphatic heterocycles. The van der Waals surface area contributed by atoms with Crippen molar-refractivity contribution < 1.29 is 9.05 Å². The van der Waals surface area contributed by atoms with Crippen LogP contribution in [0.2, 0.25) is 0 Å². The van der Waals surface area contributed by atoms with E-state index in [1.807, 2.05) is 39.0 Å². The molecule has 4 rings (SSSR count). The SMILES string of the molecule is Cc1noc(C)c1-c1ccc2nc(-c3c(C)noc3C)[nH]c(=O)c2c1. The molecule has 0 aliphatic carbocycles. The second-order valence-electron chi connectivity index (χ2n) is 6.04. The topological polar surface area (TPSA) is 97.8 Å². The van der Waals surface area contributed by atoms with Crippen LogP contribution < -0.4 is 5.56 Å². The van der Waals surface area contributed by atoms with E-state index in [2.05, 4.69) is 20.3 Å². The predicted molar refractivity (Wildman–Crippen MR) is 92.3 cm³/mol. The number of hydrogen-bond donors (Lipinski definition) is 1. The van der Waals surface area contributed by atoms with E-state index in [-0.39, 0.29) is 5.56 Å². The summed E-state index contributed by atoms with van der Waals surface area (Å²) in [5.74, 6) is 1.79. The third kappa shape index (κ3) is 2.36. The number of rotatable bonds is 2. The van der Waals surface area contributed by atoms with Crippen LogP contribution in [0.1, 0.15) is 22.9 Å². The summed E-state index contributed by atoms with van der Waals surface area (Å²) in [6, 6.07) is 5.55. The van der Waals surface area contributed by atoms with Gasteiger partial charge in [0.15, 0.2) is 0 Å². The van der Waals surface area contributed by atoms with Gasteiger partial charge in [-0.15, -0.1) is 0 Å². The summed E-state index contributed by atoms with van der Waals surface area (Å²) >= 11 is 0. The predicted octanol–water partition coefficient (Wildman–Crippen LogP) is 3.47. The first-order valence-electron chi connectivity index (χ1n) is 7.86. The first-order valence-corrected chi connectivity index (χ1v) is 7.86. The molecule has 25 heavy (non-hydrogen) atoms. The van der Waals surface area contributed by atoms with Gasteiger partial charge < -0.3 is 14.0 Å². The zero-order valence-electron chi connectivity index (χ0n) is 14.3. The molecule has 0 amide bonds. The number of aromatic nitrogens is 4. The molecule has 4 aromatic rings. The molecular formula is C18H16N4O3. The van der Waals surface area contributed by atoms with Crippen LogP contribution in [-0.4, -0.2) is 20.3 Å². The molecule has 7 nitrogen and oxygen atoms in total. The number of benzene rings is 1. The lowest BCUT2D eigenvalue weighted by molar-refractivity contribution is 0.393. The summed E-state index contributed by atoms with van der Waals surface area (Å²) in [7, 11) is 0. The van der Waals surface area contributed by atoms with Gasteiger partial charge >= 0.3 is 0 Å². The molecule has 3 heterocycles. The highest BCUT2D eigenvalue weighted by molar-refractivity contribution is 5.85. The van der Waals surface area contributed by atoms with Crippen molar-refractivity contribution in [1.29, 1.82) is 0 Å². The van der Waals surface area contributed by atoms with E-state index in [4.69, 9.17) is 9.05 Å². The summed E-state index contributed by atoms with van der Waals surface area (Å²) in [6.45, 7) is 7.33. The summed E-state index contributed by atoms with van der Waals surface area (Å²) in [5, 5.41) is 8.39. The maximum Gasteiger partial charge on any atom is 0.259 e. The largest absolute Gasteiger partial charge is 0.361 e. The molecule has 0 radical (unpaired) electrons. The molecule has 0 bridgehead atoms. The molecule has 0 atom stereocenters. The van der Waals surface area contributed by atoms with Crippen molar-refractivity contribution in [1.82, 2.24) is 20.3 Å².